The Kier molecular flexibility index (Phi) is 8.15. The Morgan fingerprint density at radius 3 is 2.67 bits per heavy atom. The molecule has 1 unspecified atom stereocenters. The molecule has 0 saturated carbocycles. The van der Waals surface area contributed by atoms with Crippen molar-refractivity contribution in [3.8, 4) is 11.5 Å². The van der Waals surface area contributed by atoms with Crippen LogP contribution in [0.2, 0.25) is 0 Å². The van der Waals surface area contributed by atoms with E-state index in [1.807, 2.05) is 0 Å². The zero-order chi connectivity index (χ0) is 29.1. The smallest absolute Gasteiger partial charge is 0.534 e. The Hall–Kier alpha value is -4.77. The minimum absolute atomic E-state index is 0.0127. The van der Waals surface area contributed by atoms with Crippen LogP contribution in [0, 0.1) is 5.82 Å². The number of hydrogen-bond acceptors (Lipinski definition) is 10. The molecule has 2 aromatic rings. The van der Waals surface area contributed by atoms with Gasteiger partial charge >= 0.3 is 30.9 Å². The topological polar surface area (TPSA) is 225 Å². The summed E-state index contributed by atoms with van der Waals surface area (Å²) in [4.78, 5) is 68.1. The molecule has 0 aliphatic carbocycles. The molecule has 5 amide bonds. The minimum Gasteiger partial charge on any atom is -0.534 e. The van der Waals surface area contributed by atoms with Crippen molar-refractivity contribution in [2.45, 2.75) is 18.4 Å². The number of aromatic hydroxyl groups is 1. The Balaban J connectivity index is 1.57. The maximum Gasteiger partial charge on any atom is 0.547 e. The number of nitrogens with two attached hydrogens (primary N) is 1. The number of fused-ring (bicyclic) bond motifs is 1. The van der Waals surface area contributed by atoms with E-state index >= 15 is 0 Å². The number of pyridine rings is 1. The van der Waals surface area contributed by atoms with Gasteiger partial charge in [-0.15, -0.1) is 0 Å². The van der Waals surface area contributed by atoms with Crippen LogP contribution >= 0.6 is 0 Å². The van der Waals surface area contributed by atoms with Gasteiger partial charge in [-0.2, -0.15) is 0 Å². The van der Waals surface area contributed by atoms with E-state index in [1.54, 1.807) is 0 Å². The molecular weight excluding hydrogens is 534 g/mol. The van der Waals surface area contributed by atoms with E-state index in [0.717, 1.165) is 11.1 Å². The number of halogens is 1. The van der Waals surface area contributed by atoms with Crippen LogP contribution in [0.5, 0.6) is 11.5 Å². The summed E-state index contributed by atoms with van der Waals surface area (Å²) in [6.45, 7) is -0.0516. The number of rotatable bonds is 7. The zero-order valence-corrected chi connectivity index (χ0v) is 20.7. The molecule has 1 aromatic carbocycles. The monoisotopic (exact) mass is 558 g/mol. The van der Waals surface area contributed by atoms with Crippen molar-refractivity contribution < 1.29 is 48.3 Å². The molecule has 40 heavy (non-hydrogen) atoms. The van der Waals surface area contributed by atoms with Gasteiger partial charge in [0, 0.05) is 32.2 Å². The number of urea groups is 1. The van der Waals surface area contributed by atoms with Crippen molar-refractivity contribution in [1.82, 2.24) is 25.4 Å². The van der Waals surface area contributed by atoms with Crippen LogP contribution in [-0.4, -0.2) is 99.0 Å². The second-order valence-electron chi connectivity index (χ2n) is 8.91. The number of nitrogens with zero attached hydrogens (tertiary/aromatic N) is 3. The Bertz CT molecular complexity index is 1380. The van der Waals surface area contributed by atoms with Crippen molar-refractivity contribution in [3.05, 3.63) is 53.1 Å². The van der Waals surface area contributed by atoms with Gasteiger partial charge in [-0.1, -0.05) is 12.1 Å². The van der Waals surface area contributed by atoms with Gasteiger partial charge in [-0.3, -0.25) is 24.3 Å². The molecule has 7 N–H and O–H groups in total. The molecule has 210 valence electrons. The average Bonchev–Trinajstić information content (AvgIpc) is 2.90. The van der Waals surface area contributed by atoms with Crippen LogP contribution in [0.25, 0.3) is 0 Å². The minimum atomic E-state index is -1.89. The third-order valence-electron chi connectivity index (χ3n) is 6.29. The number of benzene rings is 1. The summed E-state index contributed by atoms with van der Waals surface area (Å²) in [5.74, 6) is -7.54. The van der Waals surface area contributed by atoms with E-state index in [2.05, 4.69) is 15.6 Å². The van der Waals surface area contributed by atoms with E-state index in [9.17, 15) is 43.6 Å². The molecule has 17 heteroatoms. The normalized spacial score (nSPS) is 17.6. The first-order chi connectivity index (χ1) is 19.0. The van der Waals surface area contributed by atoms with Gasteiger partial charge in [-0.05, 0) is 18.1 Å². The molecule has 0 spiro atoms. The number of imide groups is 1. The van der Waals surface area contributed by atoms with Crippen LogP contribution in [-0.2, 0) is 20.8 Å². The average molecular weight is 558 g/mol. The number of nitrogens with one attached hydrogen (secondary N) is 2. The van der Waals surface area contributed by atoms with Gasteiger partial charge in [-0.25, -0.2) is 14.0 Å². The number of aromatic nitrogens is 1. The fraction of sp³-hybridized carbons (Fsp3) is 0.304. The lowest BCUT2D eigenvalue weighted by atomic mass is 9.72. The number of hydrogen-bond donors (Lipinski definition) is 6. The van der Waals surface area contributed by atoms with Crippen molar-refractivity contribution >= 4 is 36.8 Å². The van der Waals surface area contributed by atoms with Gasteiger partial charge in [0.1, 0.15) is 17.2 Å². The lowest BCUT2D eigenvalue weighted by molar-refractivity contribution is -0.153. The largest absolute Gasteiger partial charge is 0.547 e. The van der Waals surface area contributed by atoms with Gasteiger partial charge in [0.15, 0.2) is 11.9 Å². The molecule has 0 radical (unpaired) electrons. The second-order valence-corrected chi connectivity index (χ2v) is 8.91. The molecule has 0 bridgehead atoms. The van der Waals surface area contributed by atoms with E-state index in [-0.39, 0.29) is 43.9 Å². The number of aromatic carboxylic acids is 1. The van der Waals surface area contributed by atoms with Crippen LogP contribution in [0.1, 0.15) is 27.7 Å². The van der Waals surface area contributed by atoms with Crippen LogP contribution in [0.4, 0.5) is 9.18 Å². The number of carboxylic acid groups (broad SMARTS) is 1. The fourth-order valence-electron chi connectivity index (χ4n) is 4.33. The summed E-state index contributed by atoms with van der Waals surface area (Å²) in [6.07, 6.45) is 0.735. The highest BCUT2D eigenvalue weighted by Gasteiger charge is 2.41. The lowest BCUT2D eigenvalue weighted by Gasteiger charge is -2.33. The van der Waals surface area contributed by atoms with E-state index in [0.29, 0.717) is 16.5 Å². The van der Waals surface area contributed by atoms with Gasteiger partial charge in [0.2, 0.25) is 5.91 Å². The summed E-state index contributed by atoms with van der Waals surface area (Å²) in [5, 5.41) is 34.0. The molecule has 2 aliphatic rings. The summed E-state index contributed by atoms with van der Waals surface area (Å²) in [5.41, 5.74) is 4.94. The number of para-hydroxylation sites is 1. The highest BCUT2D eigenvalue weighted by molar-refractivity contribution is 6.47. The number of carboxylic acids is 1. The van der Waals surface area contributed by atoms with Gasteiger partial charge in [0.05, 0.1) is 17.7 Å². The predicted molar refractivity (Wildman–Crippen MR) is 132 cm³/mol. The summed E-state index contributed by atoms with van der Waals surface area (Å²) < 4.78 is 20.1. The molecular formula is C23H24BFN6O9. The van der Waals surface area contributed by atoms with Gasteiger partial charge in [0.25, 0.3) is 0 Å². The Morgan fingerprint density at radius 2 is 2.00 bits per heavy atom. The number of piperazine rings is 1. The Labute approximate surface area is 225 Å². The van der Waals surface area contributed by atoms with Crippen molar-refractivity contribution in [1.29, 1.82) is 0 Å². The van der Waals surface area contributed by atoms with Crippen molar-refractivity contribution in [3.63, 3.8) is 0 Å². The lowest BCUT2D eigenvalue weighted by Crippen LogP contribution is -2.60. The van der Waals surface area contributed by atoms with Crippen LogP contribution < -0.4 is 21.0 Å². The molecule has 1 saturated heterocycles. The first-order valence-electron chi connectivity index (χ1n) is 12.0. The summed E-state index contributed by atoms with van der Waals surface area (Å²) in [6, 6.07) is 1.82. The van der Waals surface area contributed by atoms with E-state index < -0.39 is 66.1 Å². The van der Waals surface area contributed by atoms with Crippen LogP contribution in [0.3, 0.4) is 0 Å². The maximum atomic E-state index is 14.8. The SMILES string of the molecule is NCCN1CCN(C(=O)NC(C(=O)N[C@H]2Cc3cccc(C(=O)O)c3OB2O)c2ncc(O)cc2F)C(=O)C1=O. The highest BCUT2D eigenvalue weighted by Crippen LogP contribution is 2.30. The van der Waals surface area contributed by atoms with Gasteiger partial charge < -0.3 is 41.2 Å². The third-order valence-corrected chi connectivity index (χ3v) is 6.29. The molecule has 3 heterocycles. The molecule has 2 aliphatic heterocycles. The molecule has 4 rings (SSSR count). The van der Waals surface area contributed by atoms with Crippen molar-refractivity contribution in [2.24, 2.45) is 5.73 Å². The van der Waals surface area contributed by atoms with E-state index in [4.69, 9.17) is 10.4 Å². The second kappa shape index (κ2) is 11.5. The Morgan fingerprint density at radius 1 is 1.25 bits per heavy atom. The quantitative estimate of drug-likeness (QED) is 0.163. The highest BCUT2D eigenvalue weighted by atomic mass is 19.1. The van der Waals surface area contributed by atoms with E-state index in [1.165, 1.54) is 18.2 Å². The number of amides is 5. The first kappa shape index (κ1) is 28.2. The third kappa shape index (κ3) is 5.64. The zero-order valence-electron chi connectivity index (χ0n) is 20.7. The summed E-state index contributed by atoms with van der Waals surface area (Å²) in [7, 11) is -1.72. The summed E-state index contributed by atoms with van der Waals surface area (Å²) >= 11 is 0. The molecule has 2 atom stereocenters. The molecule has 1 fully saturated rings. The van der Waals surface area contributed by atoms with Crippen LogP contribution in [0.15, 0.2) is 30.5 Å². The molecule has 15 nitrogen and oxygen atoms in total. The molecule has 1 aromatic heterocycles. The maximum absolute atomic E-state index is 14.8. The standard InChI is InChI=1S/C23H24BFN6O9/c25-14-9-12(32)10-27-16(14)17(29-23(38)31-7-6-30(5-4-26)20(34)21(31)35)19(33)28-15-8-11-2-1-3-13(22(36)37)18(11)40-24(15)39/h1-3,9-10,15,17,32,39H,4-8,26H2,(H,28,33)(H,29,38)(H,36,37)/t15-,17?/m0/s1. The fourth-order valence-corrected chi connectivity index (χ4v) is 4.33. The predicted octanol–water partition coefficient (Wildman–Crippen LogP) is -1.86. The number of carbonyl (C=O) groups excluding carboxylic acids is 4. The first-order valence-corrected chi connectivity index (χ1v) is 12.0. The number of carbonyl (C=O) groups is 5. The van der Waals surface area contributed by atoms with Crippen molar-refractivity contribution in [2.75, 3.05) is 26.2 Å².